The van der Waals surface area contributed by atoms with Crippen LogP contribution >= 0.6 is 15.9 Å². The monoisotopic (exact) mass is 543 g/mol. The molecule has 0 aliphatic heterocycles. The van der Waals surface area contributed by atoms with Crippen LogP contribution in [0.25, 0.3) is 0 Å². The highest BCUT2D eigenvalue weighted by Gasteiger charge is 2.25. The van der Waals surface area contributed by atoms with Crippen LogP contribution in [0, 0.1) is 6.92 Å². The van der Waals surface area contributed by atoms with Gasteiger partial charge in [0.15, 0.2) is 0 Å². The second kappa shape index (κ2) is 11.5. The van der Waals surface area contributed by atoms with Crippen molar-refractivity contribution in [2.24, 2.45) is 0 Å². The molecule has 0 amide bonds. The van der Waals surface area contributed by atoms with E-state index in [1.54, 1.807) is 30.3 Å². The maximum absolute atomic E-state index is 13.1. The largest absolute Gasteiger partial charge is 0.379 e. The van der Waals surface area contributed by atoms with Crippen molar-refractivity contribution >= 4 is 26.0 Å². The van der Waals surface area contributed by atoms with Crippen LogP contribution < -0.4 is 4.18 Å². The number of benzene rings is 3. The van der Waals surface area contributed by atoms with Gasteiger partial charge in [0, 0.05) is 28.0 Å². The lowest BCUT2D eigenvalue weighted by molar-refractivity contribution is 0.170. The minimum absolute atomic E-state index is 0.00350. The van der Waals surface area contributed by atoms with Crippen molar-refractivity contribution in [1.82, 2.24) is 4.90 Å². The van der Waals surface area contributed by atoms with Gasteiger partial charge in [-0.15, -0.1) is 0 Å². The number of hydrogen-bond acceptors (Lipinski definition) is 4. The van der Waals surface area contributed by atoms with Crippen molar-refractivity contribution in [3.05, 3.63) is 94.0 Å². The maximum atomic E-state index is 13.1. The molecule has 3 rings (SSSR count). The molecule has 0 heterocycles. The summed E-state index contributed by atoms with van der Waals surface area (Å²) in [6.45, 7) is 11.8. The summed E-state index contributed by atoms with van der Waals surface area (Å²) in [5.41, 5.74) is 3.10. The molecule has 0 aliphatic carbocycles. The first-order valence-electron chi connectivity index (χ1n) is 11.7. The predicted octanol–water partition coefficient (Wildman–Crippen LogP) is 7.17. The Balaban J connectivity index is 2.02. The van der Waals surface area contributed by atoms with Gasteiger partial charge in [-0.2, -0.15) is 8.42 Å². The minimum atomic E-state index is -3.97. The normalized spacial score (nSPS) is 13.0. The van der Waals surface area contributed by atoms with E-state index in [0.29, 0.717) is 17.8 Å². The quantitative estimate of drug-likeness (QED) is 0.254. The number of rotatable bonds is 10. The predicted molar refractivity (Wildman–Crippen MR) is 143 cm³/mol. The molecule has 0 saturated carbocycles. The molecule has 0 radical (unpaired) electrons. The Labute approximate surface area is 213 Å². The molecule has 0 aromatic heterocycles. The summed E-state index contributed by atoms with van der Waals surface area (Å²) in [6.07, 6.45) is 0.846. The lowest BCUT2D eigenvalue weighted by Crippen LogP contribution is -2.38. The van der Waals surface area contributed by atoms with Gasteiger partial charge in [-0.1, -0.05) is 64.0 Å². The summed E-state index contributed by atoms with van der Waals surface area (Å²) in [5.74, 6) is 0.374. The van der Waals surface area contributed by atoms with Crippen LogP contribution in [0.4, 0.5) is 0 Å². The fourth-order valence-electron chi connectivity index (χ4n) is 4.36. The average molecular weight is 545 g/mol. The maximum Gasteiger partial charge on any atom is 0.339 e. The molecule has 0 spiro atoms. The van der Waals surface area contributed by atoms with Gasteiger partial charge in [0.05, 0.1) is 0 Å². The van der Waals surface area contributed by atoms with E-state index in [4.69, 9.17) is 4.18 Å². The molecule has 1 atom stereocenters. The third-order valence-electron chi connectivity index (χ3n) is 6.05. The first-order valence-corrected chi connectivity index (χ1v) is 13.9. The summed E-state index contributed by atoms with van der Waals surface area (Å²) >= 11 is 3.35. The molecule has 34 heavy (non-hydrogen) atoms. The van der Waals surface area contributed by atoms with E-state index in [-0.39, 0.29) is 10.8 Å². The van der Waals surface area contributed by atoms with Crippen molar-refractivity contribution in [1.29, 1.82) is 0 Å². The van der Waals surface area contributed by atoms with Gasteiger partial charge in [0.2, 0.25) is 0 Å². The number of aryl methyl sites for hydroxylation is 1. The Morgan fingerprint density at radius 2 is 1.50 bits per heavy atom. The molecule has 1 unspecified atom stereocenters. The molecule has 0 aliphatic rings. The standard InChI is InChI=1S/C28H34BrNO3S/c1-20(2)30(21(3)4)18-17-26(23-9-7-6-8-10-23)27-19-22(5)11-16-28(27)33-34(31,32)25-14-12-24(29)13-15-25/h6-16,19-21,26H,17-18H2,1-5H3. The third kappa shape index (κ3) is 6.71. The molecule has 3 aromatic carbocycles. The Bertz CT molecular complexity index is 1170. The first kappa shape index (κ1) is 26.5. The van der Waals surface area contributed by atoms with Crippen LogP contribution in [0.15, 0.2) is 82.2 Å². The molecule has 182 valence electrons. The molecular weight excluding hydrogens is 510 g/mol. The van der Waals surface area contributed by atoms with E-state index in [2.05, 4.69) is 66.7 Å². The molecule has 0 N–H and O–H groups in total. The molecule has 0 fully saturated rings. The topological polar surface area (TPSA) is 46.6 Å². The van der Waals surface area contributed by atoms with Gasteiger partial charge in [0.25, 0.3) is 0 Å². The third-order valence-corrected chi connectivity index (χ3v) is 7.82. The zero-order valence-electron chi connectivity index (χ0n) is 20.5. The minimum Gasteiger partial charge on any atom is -0.379 e. The van der Waals surface area contributed by atoms with Crippen LogP contribution in [0.5, 0.6) is 5.75 Å². The summed E-state index contributed by atoms with van der Waals surface area (Å²) in [5, 5.41) is 0. The highest BCUT2D eigenvalue weighted by molar-refractivity contribution is 9.10. The van der Waals surface area contributed by atoms with Crippen LogP contribution in [0.2, 0.25) is 0 Å². The highest BCUT2D eigenvalue weighted by Crippen LogP contribution is 2.37. The Morgan fingerprint density at radius 1 is 0.882 bits per heavy atom. The van der Waals surface area contributed by atoms with Crippen molar-refractivity contribution < 1.29 is 12.6 Å². The van der Waals surface area contributed by atoms with E-state index < -0.39 is 10.1 Å². The Morgan fingerprint density at radius 3 is 2.09 bits per heavy atom. The molecule has 0 bridgehead atoms. The molecule has 0 saturated heterocycles. The van der Waals surface area contributed by atoms with Gasteiger partial charge in [0.1, 0.15) is 10.6 Å². The fourth-order valence-corrected chi connectivity index (χ4v) is 5.58. The second-order valence-electron chi connectivity index (χ2n) is 9.21. The molecule has 3 aromatic rings. The van der Waals surface area contributed by atoms with Gasteiger partial charge in [-0.25, -0.2) is 0 Å². The number of nitrogens with zero attached hydrogens (tertiary/aromatic N) is 1. The van der Waals surface area contributed by atoms with Gasteiger partial charge in [-0.05, 0) is 83.5 Å². The molecular formula is C28H34BrNO3S. The average Bonchev–Trinajstić information content (AvgIpc) is 2.78. The first-order chi connectivity index (χ1) is 16.1. The molecule has 4 nitrogen and oxygen atoms in total. The lowest BCUT2D eigenvalue weighted by atomic mass is 9.87. The van der Waals surface area contributed by atoms with Crippen molar-refractivity contribution in [3.8, 4) is 5.75 Å². The summed E-state index contributed by atoms with van der Waals surface area (Å²) in [7, 11) is -3.97. The fraction of sp³-hybridized carbons (Fsp3) is 0.357. The van der Waals surface area contributed by atoms with Gasteiger partial charge >= 0.3 is 10.1 Å². The van der Waals surface area contributed by atoms with E-state index in [0.717, 1.165) is 34.1 Å². The Kier molecular flexibility index (Phi) is 8.96. The van der Waals surface area contributed by atoms with Crippen LogP contribution in [0.1, 0.15) is 56.7 Å². The van der Waals surface area contributed by atoms with Gasteiger partial charge in [-0.3, -0.25) is 4.90 Å². The zero-order valence-corrected chi connectivity index (χ0v) is 22.9. The second-order valence-corrected chi connectivity index (χ2v) is 11.7. The van der Waals surface area contributed by atoms with Gasteiger partial charge < -0.3 is 4.18 Å². The van der Waals surface area contributed by atoms with Crippen LogP contribution in [0.3, 0.4) is 0 Å². The Hall–Kier alpha value is -2.15. The van der Waals surface area contributed by atoms with E-state index in [1.165, 1.54) is 0 Å². The zero-order chi connectivity index (χ0) is 24.9. The molecule has 6 heteroatoms. The number of halogens is 1. The van der Waals surface area contributed by atoms with Crippen molar-refractivity contribution in [2.75, 3.05) is 6.54 Å². The SMILES string of the molecule is Cc1ccc(OS(=O)(=O)c2ccc(Br)cc2)c(C(CCN(C(C)C)C(C)C)c2ccccc2)c1. The van der Waals surface area contributed by atoms with Crippen molar-refractivity contribution in [2.45, 2.75) is 63.9 Å². The smallest absolute Gasteiger partial charge is 0.339 e. The van der Waals surface area contributed by atoms with E-state index in [1.807, 2.05) is 31.2 Å². The van der Waals surface area contributed by atoms with Crippen LogP contribution in [-0.4, -0.2) is 31.9 Å². The lowest BCUT2D eigenvalue weighted by Gasteiger charge is -2.32. The summed E-state index contributed by atoms with van der Waals surface area (Å²) < 4.78 is 32.8. The highest BCUT2D eigenvalue weighted by atomic mass is 79.9. The summed E-state index contributed by atoms with van der Waals surface area (Å²) in [4.78, 5) is 2.59. The van der Waals surface area contributed by atoms with Crippen molar-refractivity contribution in [3.63, 3.8) is 0 Å². The number of hydrogen-bond donors (Lipinski definition) is 0. The van der Waals surface area contributed by atoms with Crippen LogP contribution in [-0.2, 0) is 10.1 Å². The van der Waals surface area contributed by atoms with E-state index in [9.17, 15) is 8.42 Å². The summed E-state index contributed by atoms with van der Waals surface area (Å²) in [6, 6.07) is 23.3. The van der Waals surface area contributed by atoms with E-state index >= 15 is 0 Å².